The lowest BCUT2D eigenvalue weighted by Crippen LogP contribution is -2.48. The van der Waals surface area contributed by atoms with E-state index in [9.17, 15) is 9.90 Å². The molecule has 1 aliphatic rings. The van der Waals surface area contributed by atoms with E-state index in [1.54, 1.807) is 6.92 Å². The van der Waals surface area contributed by atoms with Crippen LogP contribution in [-0.4, -0.2) is 23.7 Å². The van der Waals surface area contributed by atoms with Gasteiger partial charge in [-0.05, 0) is 48.6 Å². The van der Waals surface area contributed by atoms with Crippen LogP contribution in [0, 0.1) is 0 Å². The molecule has 4 nitrogen and oxygen atoms in total. The van der Waals surface area contributed by atoms with E-state index < -0.39 is 5.60 Å². The molecule has 3 N–H and O–H groups in total. The summed E-state index contributed by atoms with van der Waals surface area (Å²) in [7, 11) is 0. The fourth-order valence-electron chi connectivity index (χ4n) is 1.71. The van der Waals surface area contributed by atoms with Gasteiger partial charge in [-0.25, -0.2) is 4.79 Å². The normalized spacial score (nSPS) is 19.2. The minimum Gasteiger partial charge on any atom is -0.384 e. The summed E-state index contributed by atoms with van der Waals surface area (Å²) < 4.78 is 0. The van der Waals surface area contributed by atoms with E-state index in [2.05, 4.69) is 10.6 Å². The van der Waals surface area contributed by atoms with Crippen LogP contribution in [0.5, 0.6) is 0 Å². The zero-order valence-electron chi connectivity index (χ0n) is 9.90. The van der Waals surface area contributed by atoms with Crippen LogP contribution >= 0.6 is 11.3 Å². The molecule has 94 valence electrons. The zero-order chi connectivity index (χ0) is 12.3. The van der Waals surface area contributed by atoms with Gasteiger partial charge >= 0.3 is 6.03 Å². The van der Waals surface area contributed by atoms with Crippen LogP contribution in [-0.2, 0) is 5.60 Å². The van der Waals surface area contributed by atoms with Gasteiger partial charge in [0.2, 0.25) is 0 Å². The maximum absolute atomic E-state index is 11.5. The van der Waals surface area contributed by atoms with Crippen LogP contribution in [0.4, 0.5) is 4.79 Å². The molecule has 0 saturated heterocycles. The number of carbonyl (C=O) groups is 1. The predicted molar refractivity (Wildman–Crippen MR) is 68.1 cm³/mol. The molecule has 1 saturated carbocycles. The summed E-state index contributed by atoms with van der Waals surface area (Å²) in [6, 6.07) is 2.00. The summed E-state index contributed by atoms with van der Waals surface area (Å²) in [4.78, 5) is 11.5. The van der Waals surface area contributed by atoms with Crippen LogP contribution in [0.15, 0.2) is 16.8 Å². The minimum atomic E-state index is -1.00. The number of carbonyl (C=O) groups excluding carboxylic acids is 1. The highest BCUT2D eigenvalue weighted by Crippen LogP contribution is 2.22. The summed E-state index contributed by atoms with van der Waals surface area (Å²) in [5.41, 5.74) is -0.164. The van der Waals surface area contributed by atoms with E-state index in [4.69, 9.17) is 0 Å². The molecule has 2 rings (SSSR count). The summed E-state index contributed by atoms with van der Waals surface area (Å²) >= 11 is 1.54. The van der Waals surface area contributed by atoms with Crippen molar-refractivity contribution in [3.8, 4) is 0 Å². The van der Waals surface area contributed by atoms with Gasteiger partial charge < -0.3 is 15.7 Å². The molecule has 0 radical (unpaired) electrons. The number of hydrogen-bond acceptors (Lipinski definition) is 3. The Morgan fingerprint density at radius 1 is 1.65 bits per heavy atom. The Kier molecular flexibility index (Phi) is 3.69. The van der Waals surface area contributed by atoms with E-state index >= 15 is 0 Å². The summed E-state index contributed by atoms with van der Waals surface area (Å²) in [5, 5.41) is 19.6. The molecule has 1 fully saturated rings. The molecule has 1 aromatic heterocycles. The third kappa shape index (κ3) is 3.20. The van der Waals surface area contributed by atoms with Gasteiger partial charge in [-0.2, -0.15) is 11.3 Å². The van der Waals surface area contributed by atoms with Crippen molar-refractivity contribution in [1.82, 2.24) is 10.6 Å². The number of urea groups is 1. The Labute approximate surface area is 105 Å². The lowest BCUT2D eigenvalue weighted by molar-refractivity contribution is 0.0595. The zero-order valence-corrected chi connectivity index (χ0v) is 10.7. The molecule has 2 amide bonds. The Morgan fingerprint density at radius 3 is 2.94 bits per heavy atom. The molecular weight excluding hydrogens is 236 g/mol. The first-order valence-electron chi connectivity index (χ1n) is 5.87. The first kappa shape index (κ1) is 12.4. The molecule has 0 spiro atoms. The summed E-state index contributed by atoms with van der Waals surface area (Å²) in [6.07, 6.45) is 3.32. The highest BCUT2D eigenvalue weighted by Gasteiger charge is 2.25. The van der Waals surface area contributed by atoms with Crippen LogP contribution in [0.3, 0.4) is 0 Å². The van der Waals surface area contributed by atoms with Gasteiger partial charge in [0, 0.05) is 6.04 Å². The molecule has 5 heteroatoms. The standard InChI is InChI=1S/C12H18N2O2S/c1-12(16,9-5-6-17-7-9)8-13-11(15)14-10-3-2-4-10/h5-7,10,16H,2-4,8H2,1H3,(H2,13,14,15). The summed E-state index contributed by atoms with van der Waals surface area (Å²) in [6.45, 7) is 1.93. The van der Waals surface area contributed by atoms with Gasteiger partial charge in [0.1, 0.15) is 5.60 Å². The van der Waals surface area contributed by atoms with Gasteiger partial charge in [0.15, 0.2) is 0 Å². The number of hydrogen-bond donors (Lipinski definition) is 3. The quantitative estimate of drug-likeness (QED) is 0.767. The molecule has 0 aliphatic heterocycles. The smallest absolute Gasteiger partial charge is 0.315 e. The van der Waals surface area contributed by atoms with Gasteiger partial charge in [-0.3, -0.25) is 0 Å². The number of nitrogens with one attached hydrogen (secondary N) is 2. The minimum absolute atomic E-state index is 0.190. The van der Waals surface area contributed by atoms with Crippen molar-refractivity contribution in [2.45, 2.75) is 37.8 Å². The monoisotopic (exact) mass is 254 g/mol. The van der Waals surface area contributed by atoms with Crippen LogP contribution in [0.25, 0.3) is 0 Å². The van der Waals surface area contributed by atoms with Crippen molar-refractivity contribution in [2.75, 3.05) is 6.54 Å². The Morgan fingerprint density at radius 2 is 2.41 bits per heavy atom. The maximum atomic E-state index is 11.5. The molecular formula is C12H18N2O2S. The number of thiophene rings is 1. The fourth-order valence-corrected chi connectivity index (χ4v) is 2.50. The highest BCUT2D eigenvalue weighted by molar-refractivity contribution is 7.08. The van der Waals surface area contributed by atoms with Crippen molar-refractivity contribution in [3.63, 3.8) is 0 Å². The van der Waals surface area contributed by atoms with Crippen molar-refractivity contribution >= 4 is 17.4 Å². The lowest BCUT2D eigenvalue weighted by atomic mass is 9.93. The van der Waals surface area contributed by atoms with E-state index in [0.29, 0.717) is 6.04 Å². The predicted octanol–water partition coefficient (Wildman–Crippen LogP) is 1.81. The van der Waals surface area contributed by atoms with Gasteiger partial charge in [-0.15, -0.1) is 0 Å². The molecule has 0 bridgehead atoms. The molecule has 1 aliphatic carbocycles. The fraction of sp³-hybridized carbons (Fsp3) is 0.583. The SMILES string of the molecule is CC(O)(CNC(=O)NC1CCC1)c1ccsc1. The van der Waals surface area contributed by atoms with Crippen molar-refractivity contribution in [3.05, 3.63) is 22.4 Å². The molecule has 17 heavy (non-hydrogen) atoms. The highest BCUT2D eigenvalue weighted by atomic mass is 32.1. The molecule has 1 heterocycles. The molecule has 1 aromatic rings. The Hall–Kier alpha value is -1.07. The van der Waals surface area contributed by atoms with Crippen molar-refractivity contribution in [1.29, 1.82) is 0 Å². The number of aliphatic hydroxyl groups is 1. The van der Waals surface area contributed by atoms with Crippen molar-refractivity contribution < 1.29 is 9.90 Å². The Bertz CT molecular complexity index is 372. The van der Waals surface area contributed by atoms with Crippen LogP contribution in [0.2, 0.25) is 0 Å². The summed E-state index contributed by atoms with van der Waals surface area (Å²) in [5.74, 6) is 0. The van der Waals surface area contributed by atoms with E-state index in [-0.39, 0.29) is 12.6 Å². The number of amides is 2. The number of rotatable bonds is 4. The third-order valence-electron chi connectivity index (χ3n) is 3.18. The second-order valence-corrected chi connectivity index (χ2v) is 5.52. The van der Waals surface area contributed by atoms with E-state index in [1.807, 2.05) is 16.8 Å². The van der Waals surface area contributed by atoms with Gasteiger partial charge in [-0.1, -0.05) is 0 Å². The maximum Gasteiger partial charge on any atom is 0.315 e. The van der Waals surface area contributed by atoms with E-state index in [1.165, 1.54) is 17.8 Å². The van der Waals surface area contributed by atoms with Crippen molar-refractivity contribution in [2.24, 2.45) is 0 Å². The first-order chi connectivity index (χ1) is 8.08. The van der Waals surface area contributed by atoms with Crippen LogP contribution < -0.4 is 10.6 Å². The largest absolute Gasteiger partial charge is 0.384 e. The Balaban J connectivity index is 1.78. The topological polar surface area (TPSA) is 61.4 Å². The molecule has 1 unspecified atom stereocenters. The lowest BCUT2D eigenvalue weighted by Gasteiger charge is -2.28. The average molecular weight is 254 g/mol. The van der Waals surface area contributed by atoms with Crippen LogP contribution in [0.1, 0.15) is 31.7 Å². The first-order valence-corrected chi connectivity index (χ1v) is 6.81. The molecule has 1 atom stereocenters. The average Bonchev–Trinajstić information content (AvgIpc) is 2.74. The van der Waals surface area contributed by atoms with Gasteiger partial charge in [0.25, 0.3) is 0 Å². The van der Waals surface area contributed by atoms with E-state index in [0.717, 1.165) is 18.4 Å². The second kappa shape index (κ2) is 5.06. The second-order valence-electron chi connectivity index (χ2n) is 4.74. The third-order valence-corrected chi connectivity index (χ3v) is 3.86. The van der Waals surface area contributed by atoms with Gasteiger partial charge in [0.05, 0.1) is 6.54 Å². The molecule has 0 aromatic carbocycles.